The summed E-state index contributed by atoms with van der Waals surface area (Å²) in [6.07, 6.45) is 0. The molecule has 5 heteroatoms. The van der Waals surface area contributed by atoms with E-state index in [1.54, 1.807) is 0 Å². The van der Waals surface area contributed by atoms with Gasteiger partial charge in [0.15, 0.2) is 0 Å². The quantitative estimate of drug-likeness (QED) is 0.778. The SMILES string of the molecule is CC(C)S(=O)(=O)Oc1cccc(O)c1. The van der Waals surface area contributed by atoms with Crippen LogP contribution >= 0.6 is 0 Å². The van der Waals surface area contributed by atoms with Gasteiger partial charge in [-0.3, -0.25) is 0 Å². The van der Waals surface area contributed by atoms with E-state index in [0.29, 0.717) is 0 Å². The molecule has 0 unspecified atom stereocenters. The van der Waals surface area contributed by atoms with E-state index in [0.717, 1.165) is 0 Å². The van der Waals surface area contributed by atoms with Crippen LogP contribution in [0.3, 0.4) is 0 Å². The average molecular weight is 216 g/mol. The Bertz CT molecular complexity index is 409. The molecule has 0 saturated heterocycles. The van der Waals surface area contributed by atoms with Gasteiger partial charge in [-0.25, -0.2) is 0 Å². The molecule has 1 N–H and O–H groups in total. The minimum Gasteiger partial charge on any atom is -0.508 e. The molecule has 1 aromatic carbocycles. The van der Waals surface area contributed by atoms with Crippen LogP contribution in [0.5, 0.6) is 11.5 Å². The van der Waals surface area contributed by atoms with E-state index in [2.05, 4.69) is 0 Å². The predicted molar refractivity (Wildman–Crippen MR) is 52.8 cm³/mol. The lowest BCUT2D eigenvalue weighted by Crippen LogP contribution is -2.19. The van der Waals surface area contributed by atoms with Gasteiger partial charge in [-0.15, -0.1) is 0 Å². The molecule has 0 radical (unpaired) electrons. The first kappa shape index (κ1) is 10.8. The van der Waals surface area contributed by atoms with Gasteiger partial charge in [0.25, 0.3) is 0 Å². The molecule has 0 aromatic heterocycles. The molecule has 0 aliphatic carbocycles. The summed E-state index contributed by atoms with van der Waals surface area (Å²) in [6, 6.07) is 5.68. The third-order valence-corrected chi connectivity index (χ3v) is 3.19. The summed E-state index contributed by atoms with van der Waals surface area (Å²) in [5.74, 6) is 0.0974. The zero-order chi connectivity index (χ0) is 10.8. The van der Waals surface area contributed by atoms with Crippen molar-refractivity contribution in [2.24, 2.45) is 0 Å². The first-order chi connectivity index (χ1) is 6.42. The Kier molecular flexibility index (Phi) is 3.00. The van der Waals surface area contributed by atoms with Crippen LogP contribution < -0.4 is 4.18 Å². The molecule has 0 aliphatic heterocycles. The van der Waals surface area contributed by atoms with Gasteiger partial charge >= 0.3 is 10.1 Å². The van der Waals surface area contributed by atoms with Crippen molar-refractivity contribution in [1.82, 2.24) is 0 Å². The third kappa shape index (κ3) is 2.63. The molecular formula is C9H12O4S. The van der Waals surface area contributed by atoms with Crippen molar-refractivity contribution in [2.45, 2.75) is 19.1 Å². The minimum absolute atomic E-state index is 0.0264. The van der Waals surface area contributed by atoms with E-state index in [1.807, 2.05) is 0 Å². The van der Waals surface area contributed by atoms with Gasteiger partial charge in [0.05, 0.1) is 5.25 Å². The van der Waals surface area contributed by atoms with Gasteiger partial charge in [0.2, 0.25) is 0 Å². The molecule has 78 valence electrons. The number of hydrogen-bond donors (Lipinski definition) is 1. The number of phenols is 1. The van der Waals surface area contributed by atoms with Gasteiger partial charge in [0, 0.05) is 6.07 Å². The van der Waals surface area contributed by atoms with Crippen molar-refractivity contribution < 1.29 is 17.7 Å². The highest BCUT2D eigenvalue weighted by Crippen LogP contribution is 2.20. The standard InChI is InChI=1S/C9H12O4S/c1-7(2)14(11,12)13-9-5-3-4-8(10)6-9/h3-7,10H,1-2H3. The average Bonchev–Trinajstić information content (AvgIpc) is 2.02. The van der Waals surface area contributed by atoms with Gasteiger partial charge in [0.1, 0.15) is 11.5 Å². The van der Waals surface area contributed by atoms with E-state index in [4.69, 9.17) is 9.29 Å². The topological polar surface area (TPSA) is 63.6 Å². The fraction of sp³-hybridized carbons (Fsp3) is 0.333. The Morgan fingerprint density at radius 2 is 2.00 bits per heavy atom. The van der Waals surface area contributed by atoms with Gasteiger partial charge in [-0.05, 0) is 26.0 Å². The Balaban J connectivity index is 2.90. The van der Waals surface area contributed by atoms with Crippen LogP contribution in [0, 0.1) is 0 Å². The largest absolute Gasteiger partial charge is 0.508 e. The first-order valence-electron chi connectivity index (χ1n) is 4.14. The highest BCUT2D eigenvalue weighted by molar-refractivity contribution is 7.87. The second-order valence-electron chi connectivity index (χ2n) is 3.12. The molecule has 0 fully saturated rings. The predicted octanol–water partition coefficient (Wildman–Crippen LogP) is 1.51. The zero-order valence-corrected chi connectivity index (χ0v) is 8.78. The van der Waals surface area contributed by atoms with Crippen molar-refractivity contribution in [2.75, 3.05) is 0 Å². The maximum absolute atomic E-state index is 11.3. The van der Waals surface area contributed by atoms with E-state index < -0.39 is 15.4 Å². The maximum atomic E-state index is 11.3. The summed E-state index contributed by atoms with van der Waals surface area (Å²) in [5.41, 5.74) is 0. The Morgan fingerprint density at radius 3 is 2.50 bits per heavy atom. The van der Waals surface area contributed by atoms with Crippen LogP contribution in [0.15, 0.2) is 24.3 Å². The summed E-state index contributed by atoms with van der Waals surface area (Å²) >= 11 is 0. The maximum Gasteiger partial charge on any atom is 0.311 e. The molecule has 0 heterocycles. The highest BCUT2D eigenvalue weighted by atomic mass is 32.2. The van der Waals surface area contributed by atoms with Crippen LogP contribution in [-0.4, -0.2) is 18.8 Å². The molecule has 14 heavy (non-hydrogen) atoms. The lowest BCUT2D eigenvalue weighted by Gasteiger charge is -2.09. The van der Waals surface area contributed by atoms with E-state index in [1.165, 1.54) is 38.1 Å². The normalized spacial score (nSPS) is 11.6. The first-order valence-corrected chi connectivity index (χ1v) is 5.61. The number of hydrogen-bond acceptors (Lipinski definition) is 4. The summed E-state index contributed by atoms with van der Waals surface area (Å²) in [6.45, 7) is 3.05. The summed E-state index contributed by atoms with van der Waals surface area (Å²) in [5, 5.41) is 8.47. The fourth-order valence-electron chi connectivity index (χ4n) is 0.766. The molecule has 4 nitrogen and oxygen atoms in total. The Morgan fingerprint density at radius 1 is 1.36 bits per heavy atom. The van der Waals surface area contributed by atoms with Gasteiger partial charge in [-0.2, -0.15) is 8.42 Å². The lowest BCUT2D eigenvalue weighted by atomic mass is 10.3. The van der Waals surface area contributed by atoms with Crippen molar-refractivity contribution >= 4 is 10.1 Å². The molecule has 0 spiro atoms. The van der Waals surface area contributed by atoms with Crippen molar-refractivity contribution in [3.63, 3.8) is 0 Å². The lowest BCUT2D eigenvalue weighted by molar-refractivity contribution is 0.460. The van der Waals surface area contributed by atoms with Gasteiger partial charge < -0.3 is 9.29 Å². The summed E-state index contributed by atoms with van der Waals surface area (Å²) in [7, 11) is -3.58. The number of benzene rings is 1. The molecule has 0 bridgehead atoms. The number of phenolic OH excluding ortho intramolecular Hbond substituents is 1. The molecular weight excluding hydrogens is 204 g/mol. The van der Waals surface area contributed by atoms with Crippen LogP contribution in [0.4, 0.5) is 0 Å². The van der Waals surface area contributed by atoms with Gasteiger partial charge in [-0.1, -0.05) is 6.07 Å². The fourth-order valence-corrected chi connectivity index (χ4v) is 1.33. The summed E-state index contributed by atoms with van der Waals surface area (Å²) in [4.78, 5) is 0. The number of rotatable bonds is 3. The molecule has 1 aromatic rings. The summed E-state index contributed by atoms with van der Waals surface area (Å²) < 4.78 is 27.4. The van der Waals surface area contributed by atoms with Crippen molar-refractivity contribution in [3.05, 3.63) is 24.3 Å². The second kappa shape index (κ2) is 3.88. The van der Waals surface area contributed by atoms with Crippen LogP contribution in [0.2, 0.25) is 0 Å². The second-order valence-corrected chi connectivity index (χ2v) is 5.22. The third-order valence-electron chi connectivity index (χ3n) is 1.61. The van der Waals surface area contributed by atoms with E-state index in [-0.39, 0.29) is 11.5 Å². The number of aromatic hydroxyl groups is 1. The van der Waals surface area contributed by atoms with E-state index >= 15 is 0 Å². The molecule has 0 amide bonds. The molecule has 1 rings (SSSR count). The van der Waals surface area contributed by atoms with Crippen LogP contribution in [0.25, 0.3) is 0 Å². The van der Waals surface area contributed by atoms with Crippen LogP contribution in [0.1, 0.15) is 13.8 Å². The monoisotopic (exact) mass is 216 g/mol. The van der Waals surface area contributed by atoms with Crippen molar-refractivity contribution in [3.8, 4) is 11.5 Å². The molecule has 0 atom stereocenters. The minimum atomic E-state index is -3.58. The Labute approximate surface area is 83.3 Å². The highest BCUT2D eigenvalue weighted by Gasteiger charge is 2.17. The molecule has 0 saturated carbocycles. The van der Waals surface area contributed by atoms with Crippen LogP contribution in [-0.2, 0) is 10.1 Å². The van der Waals surface area contributed by atoms with E-state index in [9.17, 15) is 8.42 Å². The van der Waals surface area contributed by atoms with Crippen molar-refractivity contribution in [1.29, 1.82) is 0 Å². The smallest absolute Gasteiger partial charge is 0.311 e. The Hall–Kier alpha value is -1.23. The molecule has 0 aliphatic rings. The zero-order valence-electron chi connectivity index (χ0n) is 7.97.